The van der Waals surface area contributed by atoms with Crippen molar-refractivity contribution in [3.05, 3.63) is 28.8 Å². The van der Waals surface area contributed by atoms with Gasteiger partial charge in [0.1, 0.15) is 0 Å². The maximum absolute atomic E-state index is 12.9. The minimum absolute atomic E-state index is 0.0145. The molecule has 0 aliphatic carbocycles. The summed E-state index contributed by atoms with van der Waals surface area (Å²) in [6, 6.07) is 0.507. The van der Waals surface area contributed by atoms with Crippen molar-refractivity contribution < 1.29 is 22.7 Å². The molecule has 1 rings (SSSR count). The molecule has 0 unspecified atom stereocenters. The fraction of sp³-hybridized carbons (Fsp3) is 0.400. The monoisotopic (exact) mass is 267 g/mol. The molecule has 0 amide bonds. The molecule has 0 radical (unpaired) electrons. The molecule has 7 heteroatoms. The molecule has 0 aliphatic heterocycles. The van der Waals surface area contributed by atoms with Gasteiger partial charge in [0.15, 0.2) is 0 Å². The van der Waals surface area contributed by atoms with E-state index < -0.39 is 29.5 Å². The first-order valence-corrected chi connectivity index (χ1v) is 5.25. The van der Waals surface area contributed by atoms with Crippen LogP contribution in [-0.4, -0.2) is 17.6 Å². The number of hydrogen-bond donors (Lipinski definition) is 0. The number of esters is 1. The average Bonchev–Trinajstić information content (AvgIpc) is 2.27. The molecular weight excluding hydrogens is 259 g/mol. The molecule has 0 atom stereocenters. The predicted molar refractivity (Wildman–Crippen MR) is 54.7 cm³/mol. The van der Waals surface area contributed by atoms with Gasteiger partial charge in [0.25, 0.3) is 6.43 Å². The number of carbonyl (C=O) groups excluding carboxylic acids is 1. The molecule has 0 aromatic carbocycles. The van der Waals surface area contributed by atoms with E-state index >= 15 is 0 Å². The molecule has 0 bridgehead atoms. The number of nitrogens with zero attached hydrogens (tertiary/aromatic N) is 1. The van der Waals surface area contributed by atoms with Crippen molar-refractivity contribution in [2.75, 3.05) is 6.61 Å². The normalized spacial score (nSPS) is 10.7. The molecule has 17 heavy (non-hydrogen) atoms. The van der Waals surface area contributed by atoms with Crippen LogP contribution in [0.1, 0.15) is 35.0 Å². The Morgan fingerprint density at radius 1 is 1.59 bits per heavy atom. The van der Waals surface area contributed by atoms with Crippen LogP contribution in [0.25, 0.3) is 0 Å². The van der Waals surface area contributed by atoms with Gasteiger partial charge in [0, 0.05) is 11.6 Å². The first-order chi connectivity index (χ1) is 8.01. The highest BCUT2D eigenvalue weighted by atomic mass is 35.5. The van der Waals surface area contributed by atoms with Gasteiger partial charge in [0.2, 0.25) is 5.95 Å². The Hall–Kier alpha value is -1.30. The van der Waals surface area contributed by atoms with Gasteiger partial charge < -0.3 is 4.74 Å². The Labute approximate surface area is 101 Å². The SMILES string of the molecule is CCOC(=O)c1c(C(F)F)cc(F)nc1CCl. The van der Waals surface area contributed by atoms with Gasteiger partial charge in [0.05, 0.1) is 23.7 Å². The second-order valence-corrected chi connectivity index (χ2v) is 3.28. The third-order valence-electron chi connectivity index (χ3n) is 1.93. The molecule has 0 saturated carbocycles. The predicted octanol–water partition coefficient (Wildman–Crippen LogP) is 3.07. The molecular formula is C10H9ClF3NO2. The van der Waals surface area contributed by atoms with Gasteiger partial charge in [-0.1, -0.05) is 0 Å². The number of alkyl halides is 3. The summed E-state index contributed by atoms with van der Waals surface area (Å²) in [4.78, 5) is 14.8. The van der Waals surface area contributed by atoms with Crippen molar-refractivity contribution in [2.45, 2.75) is 19.2 Å². The van der Waals surface area contributed by atoms with Gasteiger partial charge in [-0.15, -0.1) is 11.6 Å². The smallest absolute Gasteiger partial charge is 0.340 e. The molecule has 0 spiro atoms. The zero-order valence-electron chi connectivity index (χ0n) is 8.84. The standard InChI is InChI=1S/C10H9ClF3NO2/c1-2-17-10(16)8-5(9(13)14)3-7(12)15-6(8)4-11/h3,9H,2,4H2,1H3. The maximum atomic E-state index is 12.9. The van der Waals surface area contributed by atoms with Crippen LogP contribution in [0.15, 0.2) is 6.07 Å². The Kier molecular flexibility index (Phi) is 4.74. The third-order valence-corrected chi connectivity index (χ3v) is 2.19. The lowest BCUT2D eigenvalue weighted by Crippen LogP contribution is -2.14. The highest BCUT2D eigenvalue weighted by Gasteiger charge is 2.25. The topological polar surface area (TPSA) is 39.2 Å². The molecule has 1 aromatic rings. The van der Waals surface area contributed by atoms with Crippen molar-refractivity contribution in [1.82, 2.24) is 4.98 Å². The average molecular weight is 268 g/mol. The van der Waals surface area contributed by atoms with Crippen LogP contribution in [-0.2, 0) is 10.6 Å². The number of carbonyl (C=O) groups is 1. The first-order valence-electron chi connectivity index (χ1n) is 4.71. The van der Waals surface area contributed by atoms with Gasteiger partial charge in [-0.25, -0.2) is 18.6 Å². The summed E-state index contributed by atoms with van der Waals surface area (Å²) in [5.74, 6) is -2.44. The zero-order valence-corrected chi connectivity index (χ0v) is 9.60. The quantitative estimate of drug-likeness (QED) is 0.478. The van der Waals surface area contributed by atoms with E-state index in [0.29, 0.717) is 6.07 Å². The molecule has 0 N–H and O–H groups in total. The number of rotatable bonds is 4. The number of aromatic nitrogens is 1. The summed E-state index contributed by atoms with van der Waals surface area (Å²) in [5, 5.41) is 0. The molecule has 0 aliphatic rings. The molecule has 94 valence electrons. The third kappa shape index (κ3) is 3.09. The van der Waals surface area contributed by atoms with Crippen LogP contribution >= 0.6 is 11.6 Å². The number of halogens is 4. The summed E-state index contributed by atoms with van der Waals surface area (Å²) in [6.45, 7) is 1.54. The minimum atomic E-state index is -3.01. The lowest BCUT2D eigenvalue weighted by molar-refractivity contribution is 0.0513. The van der Waals surface area contributed by atoms with Crippen LogP contribution in [0.4, 0.5) is 13.2 Å². The molecule has 1 heterocycles. The van der Waals surface area contributed by atoms with E-state index in [1.165, 1.54) is 6.92 Å². The van der Waals surface area contributed by atoms with Crippen molar-refractivity contribution in [3.63, 3.8) is 0 Å². The second-order valence-electron chi connectivity index (χ2n) is 3.01. The fourth-order valence-electron chi connectivity index (χ4n) is 1.29. The lowest BCUT2D eigenvalue weighted by atomic mass is 10.1. The molecule has 3 nitrogen and oxygen atoms in total. The van der Waals surface area contributed by atoms with E-state index in [-0.39, 0.29) is 18.2 Å². The second kappa shape index (κ2) is 5.86. The van der Waals surface area contributed by atoms with Crippen LogP contribution in [0, 0.1) is 5.95 Å². The fourth-order valence-corrected chi connectivity index (χ4v) is 1.49. The summed E-state index contributed by atoms with van der Waals surface area (Å²) in [5.41, 5.74) is -1.47. The van der Waals surface area contributed by atoms with E-state index in [2.05, 4.69) is 9.72 Å². The van der Waals surface area contributed by atoms with Gasteiger partial charge in [-0.2, -0.15) is 4.39 Å². The summed E-state index contributed by atoms with van der Waals surface area (Å²) >= 11 is 5.44. The van der Waals surface area contributed by atoms with E-state index in [0.717, 1.165) is 0 Å². The van der Waals surface area contributed by atoms with E-state index in [1.807, 2.05) is 0 Å². The van der Waals surface area contributed by atoms with Crippen LogP contribution in [0.2, 0.25) is 0 Å². The Morgan fingerprint density at radius 2 is 2.24 bits per heavy atom. The largest absolute Gasteiger partial charge is 0.462 e. The highest BCUT2D eigenvalue weighted by molar-refractivity contribution is 6.17. The molecule has 1 aromatic heterocycles. The van der Waals surface area contributed by atoms with Crippen molar-refractivity contribution in [1.29, 1.82) is 0 Å². The number of ether oxygens (including phenoxy) is 1. The molecule has 0 fully saturated rings. The summed E-state index contributed by atoms with van der Waals surface area (Å²) in [7, 11) is 0. The van der Waals surface area contributed by atoms with E-state index in [1.54, 1.807) is 0 Å². The number of hydrogen-bond acceptors (Lipinski definition) is 3. The summed E-state index contributed by atoms with van der Waals surface area (Å²) in [6.07, 6.45) is -3.01. The van der Waals surface area contributed by atoms with Crippen LogP contribution < -0.4 is 0 Å². The van der Waals surface area contributed by atoms with Crippen molar-refractivity contribution in [3.8, 4) is 0 Å². The van der Waals surface area contributed by atoms with Crippen LogP contribution in [0.3, 0.4) is 0 Å². The van der Waals surface area contributed by atoms with Crippen molar-refractivity contribution >= 4 is 17.6 Å². The Morgan fingerprint density at radius 3 is 2.71 bits per heavy atom. The van der Waals surface area contributed by atoms with E-state index in [9.17, 15) is 18.0 Å². The number of pyridine rings is 1. The van der Waals surface area contributed by atoms with E-state index in [4.69, 9.17) is 11.6 Å². The van der Waals surface area contributed by atoms with Gasteiger partial charge >= 0.3 is 5.97 Å². The lowest BCUT2D eigenvalue weighted by Gasteiger charge is -2.11. The Balaban J connectivity index is 3.36. The minimum Gasteiger partial charge on any atom is -0.462 e. The van der Waals surface area contributed by atoms with Crippen LogP contribution in [0.5, 0.6) is 0 Å². The van der Waals surface area contributed by atoms with Gasteiger partial charge in [-0.05, 0) is 6.92 Å². The van der Waals surface area contributed by atoms with Crippen molar-refractivity contribution in [2.24, 2.45) is 0 Å². The summed E-state index contributed by atoms with van der Waals surface area (Å²) < 4.78 is 42.9. The maximum Gasteiger partial charge on any atom is 0.340 e. The Bertz CT molecular complexity index is 426. The zero-order chi connectivity index (χ0) is 13.0. The van der Waals surface area contributed by atoms with Gasteiger partial charge in [-0.3, -0.25) is 0 Å². The molecule has 0 saturated heterocycles. The highest BCUT2D eigenvalue weighted by Crippen LogP contribution is 2.27. The first kappa shape index (κ1) is 13.8.